The molecule has 0 spiro atoms. The maximum Gasteiger partial charge on any atom is 0.243 e. The fourth-order valence-electron chi connectivity index (χ4n) is 2.66. The monoisotopic (exact) mass is 312 g/mol. The number of benzene rings is 1. The molecule has 1 atom stereocenters. The van der Waals surface area contributed by atoms with Crippen LogP contribution in [0.1, 0.15) is 31.4 Å². The lowest BCUT2D eigenvalue weighted by Crippen LogP contribution is -2.48. The molecule has 2 N–H and O–H groups in total. The Kier molecular flexibility index (Phi) is 5.37. The minimum absolute atomic E-state index is 0.0880. The number of rotatable bonds is 5. The summed E-state index contributed by atoms with van der Waals surface area (Å²) < 4.78 is 33.1. The van der Waals surface area contributed by atoms with Gasteiger partial charge < -0.3 is 10.5 Å². The van der Waals surface area contributed by atoms with Crippen molar-refractivity contribution in [3.63, 3.8) is 0 Å². The molecule has 0 bridgehead atoms. The molecule has 2 rings (SSSR count). The van der Waals surface area contributed by atoms with Crippen molar-refractivity contribution < 1.29 is 13.2 Å². The van der Waals surface area contributed by atoms with Gasteiger partial charge in [0.15, 0.2) is 0 Å². The second-order valence-corrected chi connectivity index (χ2v) is 7.11. The number of sulfonamides is 1. The van der Waals surface area contributed by atoms with Gasteiger partial charge in [0.25, 0.3) is 0 Å². The average Bonchev–Trinajstić information content (AvgIpc) is 2.54. The first-order valence-corrected chi connectivity index (χ1v) is 8.90. The third-order valence-corrected chi connectivity index (χ3v) is 6.01. The van der Waals surface area contributed by atoms with Gasteiger partial charge in [0.2, 0.25) is 10.0 Å². The molecule has 1 heterocycles. The van der Waals surface area contributed by atoms with E-state index < -0.39 is 10.0 Å². The number of nitrogens with zero attached hydrogens (tertiary/aromatic N) is 1. The molecule has 0 amide bonds. The van der Waals surface area contributed by atoms with E-state index in [9.17, 15) is 8.42 Å². The molecule has 1 unspecified atom stereocenters. The summed E-state index contributed by atoms with van der Waals surface area (Å²) in [6.45, 7) is 5.62. The molecule has 0 radical (unpaired) electrons. The van der Waals surface area contributed by atoms with Crippen LogP contribution in [0.3, 0.4) is 0 Å². The number of hydrogen-bond acceptors (Lipinski definition) is 4. The largest absolute Gasteiger partial charge is 0.378 e. The number of nitrogens with two attached hydrogens (primary N) is 1. The standard InChI is InChI=1S/C15H24N2O3S/c1-3-13-6-5-12(10-16)9-15(13)21(18,19)17-7-8-20-11-14(17)4-2/h5-6,9,14H,3-4,7-8,10-11,16H2,1-2H3. The maximum absolute atomic E-state index is 13.0. The molecule has 1 saturated heterocycles. The lowest BCUT2D eigenvalue weighted by atomic mass is 10.1. The Balaban J connectivity index is 2.47. The SMILES string of the molecule is CCc1ccc(CN)cc1S(=O)(=O)N1CCOCC1CC. The van der Waals surface area contributed by atoms with Gasteiger partial charge in [0.05, 0.1) is 18.1 Å². The summed E-state index contributed by atoms with van der Waals surface area (Å²) in [5.41, 5.74) is 7.34. The van der Waals surface area contributed by atoms with Gasteiger partial charge in [-0.05, 0) is 30.0 Å². The predicted molar refractivity (Wildman–Crippen MR) is 82.5 cm³/mol. The molecule has 0 aromatic heterocycles. The predicted octanol–water partition coefficient (Wildman–Crippen LogP) is 1.51. The van der Waals surface area contributed by atoms with E-state index in [4.69, 9.17) is 10.5 Å². The second kappa shape index (κ2) is 6.87. The molecule has 1 aliphatic heterocycles. The Labute approximate surface area is 127 Å². The fraction of sp³-hybridized carbons (Fsp3) is 0.600. The zero-order chi connectivity index (χ0) is 15.5. The summed E-state index contributed by atoms with van der Waals surface area (Å²) in [5, 5.41) is 0. The van der Waals surface area contributed by atoms with E-state index in [0.717, 1.165) is 17.5 Å². The molecule has 118 valence electrons. The number of aryl methyl sites for hydroxylation is 1. The molecule has 1 aromatic carbocycles. The summed E-state index contributed by atoms with van der Waals surface area (Å²) >= 11 is 0. The van der Waals surface area contributed by atoms with Crippen molar-refractivity contribution >= 4 is 10.0 Å². The molecule has 1 aromatic rings. The highest BCUT2D eigenvalue weighted by atomic mass is 32.2. The van der Waals surface area contributed by atoms with E-state index in [0.29, 0.717) is 37.6 Å². The van der Waals surface area contributed by atoms with Crippen LogP contribution in [-0.2, 0) is 27.7 Å². The average molecular weight is 312 g/mol. The minimum atomic E-state index is -3.50. The van der Waals surface area contributed by atoms with Gasteiger partial charge in [-0.25, -0.2) is 8.42 Å². The van der Waals surface area contributed by atoms with Gasteiger partial charge >= 0.3 is 0 Å². The Hall–Kier alpha value is -0.950. The van der Waals surface area contributed by atoms with E-state index in [1.54, 1.807) is 10.4 Å². The summed E-state index contributed by atoms with van der Waals surface area (Å²) in [5.74, 6) is 0. The third kappa shape index (κ3) is 3.29. The molecule has 0 aliphatic carbocycles. The molecule has 1 aliphatic rings. The van der Waals surface area contributed by atoms with Crippen molar-refractivity contribution in [2.75, 3.05) is 19.8 Å². The van der Waals surface area contributed by atoms with Crippen LogP contribution in [-0.4, -0.2) is 38.5 Å². The lowest BCUT2D eigenvalue weighted by Gasteiger charge is -2.34. The number of morpholine rings is 1. The molecule has 5 nitrogen and oxygen atoms in total. The van der Waals surface area contributed by atoms with Crippen LogP contribution in [0.25, 0.3) is 0 Å². The van der Waals surface area contributed by atoms with Crippen LogP contribution in [0.15, 0.2) is 23.1 Å². The summed E-state index contributed by atoms with van der Waals surface area (Å²) in [6.07, 6.45) is 1.43. The van der Waals surface area contributed by atoms with E-state index in [1.807, 2.05) is 26.0 Å². The third-order valence-electron chi connectivity index (χ3n) is 3.98. The minimum Gasteiger partial charge on any atom is -0.378 e. The topological polar surface area (TPSA) is 72.6 Å². The van der Waals surface area contributed by atoms with Crippen LogP contribution in [0, 0.1) is 0 Å². The smallest absolute Gasteiger partial charge is 0.243 e. The van der Waals surface area contributed by atoms with E-state index >= 15 is 0 Å². The highest BCUT2D eigenvalue weighted by molar-refractivity contribution is 7.89. The van der Waals surface area contributed by atoms with Crippen LogP contribution in [0.4, 0.5) is 0 Å². The van der Waals surface area contributed by atoms with Crippen molar-refractivity contribution in [2.45, 2.75) is 44.2 Å². The molecule has 0 saturated carbocycles. The van der Waals surface area contributed by atoms with Crippen molar-refractivity contribution in [1.29, 1.82) is 0 Å². The first kappa shape index (κ1) is 16.4. The first-order chi connectivity index (χ1) is 10.0. The quantitative estimate of drug-likeness (QED) is 0.894. The van der Waals surface area contributed by atoms with Crippen molar-refractivity contribution in [3.8, 4) is 0 Å². The highest BCUT2D eigenvalue weighted by Crippen LogP contribution is 2.26. The lowest BCUT2D eigenvalue weighted by molar-refractivity contribution is 0.0314. The van der Waals surface area contributed by atoms with Crippen molar-refractivity contribution in [3.05, 3.63) is 29.3 Å². The first-order valence-electron chi connectivity index (χ1n) is 7.46. The van der Waals surface area contributed by atoms with Crippen LogP contribution in [0.2, 0.25) is 0 Å². The zero-order valence-electron chi connectivity index (χ0n) is 12.7. The number of ether oxygens (including phenoxy) is 1. The van der Waals surface area contributed by atoms with E-state index in [1.165, 1.54) is 0 Å². The summed E-state index contributed by atoms with van der Waals surface area (Å²) in [7, 11) is -3.50. The van der Waals surface area contributed by atoms with Crippen LogP contribution in [0.5, 0.6) is 0 Å². The van der Waals surface area contributed by atoms with Gasteiger partial charge in [-0.3, -0.25) is 0 Å². The van der Waals surface area contributed by atoms with Crippen molar-refractivity contribution in [1.82, 2.24) is 4.31 Å². The van der Waals surface area contributed by atoms with E-state index in [-0.39, 0.29) is 6.04 Å². The van der Waals surface area contributed by atoms with Crippen LogP contribution < -0.4 is 5.73 Å². The normalized spacial score (nSPS) is 20.6. The van der Waals surface area contributed by atoms with Crippen LogP contribution >= 0.6 is 0 Å². The Morgan fingerprint density at radius 1 is 1.38 bits per heavy atom. The molecule has 1 fully saturated rings. The highest BCUT2D eigenvalue weighted by Gasteiger charge is 2.34. The number of hydrogen-bond donors (Lipinski definition) is 1. The molecular formula is C15H24N2O3S. The Bertz CT molecular complexity index is 587. The maximum atomic E-state index is 13.0. The second-order valence-electron chi connectivity index (χ2n) is 5.25. The summed E-state index contributed by atoms with van der Waals surface area (Å²) in [6, 6.07) is 5.40. The molecule has 21 heavy (non-hydrogen) atoms. The van der Waals surface area contributed by atoms with Crippen molar-refractivity contribution in [2.24, 2.45) is 5.73 Å². The van der Waals surface area contributed by atoms with Gasteiger partial charge in [-0.2, -0.15) is 4.31 Å². The summed E-state index contributed by atoms with van der Waals surface area (Å²) in [4.78, 5) is 0.397. The van der Waals surface area contributed by atoms with Gasteiger partial charge in [-0.15, -0.1) is 0 Å². The fourth-order valence-corrected chi connectivity index (χ4v) is 4.68. The van der Waals surface area contributed by atoms with Gasteiger partial charge in [0.1, 0.15) is 0 Å². The van der Waals surface area contributed by atoms with E-state index in [2.05, 4.69) is 0 Å². The van der Waals surface area contributed by atoms with Gasteiger partial charge in [-0.1, -0.05) is 26.0 Å². The Morgan fingerprint density at radius 3 is 2.76 bits per heavy atom. The molecule has 6 heteroatoms. The zero-order valence-corrected chi connectivity index (χ0v) is 13.5. The van der Waals surface area contributed by atoms with Gasteiger partial charge in [0, 0.05) is 19.1 Å². The molecular weight excluding hydrogens is 288 g/mol. The Morgan fingerprint density at radius 2 is 2.14 bits per heavy atom.